The third kappa shape index (κ3) is 3.25. The summed E-state index contributed by atoms with van der Waals surface area (Å²) < 4.78 is 5.57. The van der Waals surface area contributed by atoms with Gasteiger partial charge in [-0.2, -0.15) is 0 Å². The van der Waals surface area contributed by atoms with Crippen LogP contribution < -0.4 is 5.32 Å². The molecule has 1 saturated heterocycles. The Hall–Kier alpha value is -2.44. The van der Waals surface area contributed by atoms with Crippen LogP contribution in [0.1, 0.15) is 17.3 Å². The lowest BCUT2D eigenvalue weighted by Crippen LogP contribution is -2.47. The van der Waals surface area contributed by atoms with Gasteiger partial charge in [0.2, 0.25) is 0 Å². The number of fused-ring (bicyclic) bond motifs is 1. The van der Waals surface area contributed by atoms with E-state index in [0.29, 0.717) is 29.6 Å². The molecule has 1 unspecified atom stereocenters. The molecule has 2 aromatic rings. The summed E-state index contributed by atoms with van der Waals surface area (Å²) >= 11 is 0. The number of carboxylic acid groups (broad SMARTS) is 1. The number of aromatic carboxylic acids is 1. The average molecular weight is 328 g/mol. The number of amides is 1. The van der Waals surface area contributed by atoms with Crippen molar-refractivity contribution < 1.29 is 19.4 Å². The van der Waals surface area contributed by atoms with Gasteiger partial charge in [0.15, 0.2) is 0 Å². The van der Waals surface area contributed by atoms with Crippen LogP contribution in [-0.2, 0) is 9.53 Å². The maximum atomic E-state index is 12.5. The van der Waals surface area contributed by atoms with Crippen LogP contribution in [0, 0.1) is 0 Å². The number of nitrogens with zero attached hydrogens (tertiary/aromatic N) is 1. The van der Waals surface area contributed by atoms with Crippen molar-refractivity contribution in [2.45, 2.75) is 13.0 Å². The van der Waals surface area contributed by atoms with Gasteiger partial charge in [-0.15, -0.1) is 0 Å². The number of carbonyl (C=O) groups is 2. The first-order chi connectivity index (χ1) is 11.6. The van der Waals surface area contributed by atoms with E-state index in [2.05, 4.69) is 17.1 Å². The first-order valence-corrected chi connectivity index (χ1v) is 8.00. The lowest BCUT2D eigenvalue weighted by atomic mass is 10.0. The summed E-state index contributed by atoms with van der Waals surface area (Å²) in [5, 5.41) is 13.5. The van der Waals surface area contributed by atoms with Crippen LogP contribution in [0.3, 0.4) is 0 Å². The highest BCUT2D eigenvalue weighted by Gasteiger charge is 2.26. The molecule has 2 aromatic carbocycles. The second-order valence-electron chi connectivity index (χ2n) is 5.75. The standard InChI is InChI=1S/C18H20N2O4/c1-2-20-9-10-24-16(11-20)17(21)19-15-8-7-14(18(22)23)12-5-3-4-6-13(12)15/h3-8,16H,2,9-11H2,1H3,(H,19,21)(H,22,23). The minimum Gasteiger partial charge on any atom is -0.478 e. The lowest BCUT2D eigenvalue weighted by molar-refractivity contribution is -0.132. The van der Waals surface area contributed by atoms with E-state index in [1.54, 1.807) is 24.3 Å². The summed E-state index contributed by atoms with van der Waals surface area (Å²) in [6.07, 6.45) is -0.517. The fraction of sp³-hybridized carbons (Fsp3) is 0.333. The Bertz CT molecular complexity index is 775. The first-order valence-electron chi connectivity index (χ1n) is 8.00. The highest BCUT2D eigenvalue weighted by molar-refractivity contribution is 6.10. The predicted molar refractivity (Wildman–Crippen MR) is 91.4 cm³/mol. The molecule has 1 heterocycles. The minimum atomic E-state index is -0.988. The number of hydrogen-bond donors (Lipinski definition) is 2. The largest absolute Gasteiger partial charge is 0.478 e. The third-order valence-electron chi connectivity index (χ3n) is 4.30. The summed E-state index contributed by atoms with van der Waals surface area (Å²) in [6, 6.07) is 10.3. The van der Waals surface area contributed by atoms with Gasteiger partial charge in [0.05, 0.1) is 12.2 Å². The van der Waals surface area contributed by atoms with Gasteiger partial charge < -0.3 is 15.2 Å². The van der Waals surface area contributed by atoms with Gasteiger partial charge in [-0.3, -0.25) is 9.69 Å². The monoisotopic (exact) mass is 328 g/mol. The highest BCUT2D eigenvalue weighted by Crippen LogP contribution is 2.27. The van der Waals surface area contributed by atoms with Crippen molar-refractivity contribution in [1.82, 2.24) is 4.90 Å². The van der Waals surface area contributed by atoms with Crippen LogP contribution in [0.5, 0.6) is 0 Å². The van der Waals surface area contributed by atoms with E-state index in [4.69, 9.17) is 4.74 Å². The van der Waals surface area contributed by atoms with Crippen molar-refractivity contribution in [3.8, 4) is 0 Å². The van der Waals surface area contributed by atoms with Crippen molar-refractivity contribution in [3.05, 3.63) is 42.0 Å². The quantitative estimate of drug-likeness (QED) is 0.899. The Labute approximate surface area is 140 Å². The molecule has 0 spiro atoms. The van der Waals surface area contributed by atoms with E-state index in [0.717, 1.165) is 13.1 Å². The zero-order valence-corrected chi connectivity index (χ0v) is 13.5. The molecule has 1 amide bonds. The number of anilines is 1. The molecule has 1 aliphatic heterocycles. The van der Waals surface area contributed by atoms with E-state index in [1.165, 1.54) is 6.07 Å². The molecule has 0 aliphatic carbocycles. The number of nitrogens with one attached hydrogen (secondary N) is 1. The van der Waals surface area contributed by atoms with Crippen LogP contribution in [0.4, 0.5) is 5.69 Å². The second-order valence-corrected chi connectivity index (χ2v) is 5.75. The van der Waals surface area contributed by atoms with Gasteiger partial charge in [0, 0.05) is 24.2 Å². The van der Waals surface area contributed by atoms with Gasteiger partial charge in [0.25, 0.3) is 5.91 Å². The normalized spacial score (nSPS) is 18.5. The maximum Gasteiger partial charge on any atom is 0.336 e. The van der Waals surface area contributed by atoms with Crippen LogP contribution in [0.15, 0.2) is 36.4 Å². The summed E-state index contributed by atoms with van der Waals surface area (Å²) in [4.78, 5) is 26.0. The van der Waals surface area contributed by atoms with E-state index in [1.807, 2.05) is 6.07 Å². The smallest absolute Gasteiger partial charge is 0.336 e. The van der Waals surface area contributed by atoms with E-state index in [-0.39, 0.29) is 11.5 Å². The number of rotatable bonds is 4. The summed E-state index contributed by atoms with van der Waals surface area (Å²) in [7, 11) is 0. The maximum absolute atomic E-state index is 12.5. The summed E-state index contributed by atoms with van der Waals surface area (Å²) in [5.41, 5.74) is 0.812. The first kappa shape index (κ1) is 16.4. The number of ether oxygens (including phenoxy) is 1. The van der Waals surface area contributed by atoms with Crippen molar-refractivity contribution in [3.63, 3.8) is 0 Å². The second kappa shape index (κ2) is 6.98. The molecule has 6 nitrogen and oxygen atoms in total. The lowest BCUT2D eigenvalue weighted by Gasteiger charge is -2.31. The fourth-order valence-electron chi connectivity index (χ4n) is 2.96. The van der Waals surface area contributed by atoms with Gasteiger partial charge in [0.1, 0.15) is 6.10 Å². The van der Waals surface area contributed by atoms with Gasteiger partial charge >= 0.3 is 5.97 Å². The SMILES string of the molecule is CCN1CCOC(C(=O)Nc2ccc(C(=O)O)c3ccccc23)C1. The average Bonchev–Trinajstić information content (AvgIpc) is 2.61. The molecule has 24 heavy (non-hydrogen) atoms. The van der Waals surface area contributed by atoms with Crippen LogP contribution in [-0.4, -0.2) is 54.2 Å². The van der Waals surface area contributed by atoms with E-state index >= 15 is 0 Å². The molecular formula is C18H20N2O4. The highest BCUT2D eigenvalue weighted by atomic mass is 16.5. The summed E-state index contributed by atoms with van der Waals surface area (Å²) in [6.45, 7) is 4.86. The Kier molecular flexibility index (Phi) is 4.78. The molecule has 0 aromatic heterocycles. The topological polar surface area (TPSA) is 78.9 Å². The molecule has 0 radical (unpaired) electrons. The molecule has 1 atom stereocenters. The molecule has 0 saturated carbocycles. The van der Waals surface area contributed by atoms with Crippen molar-refractivity contribution in [2.75, 3.05) is 31.6 Å². The van der Waals surface area contributed by atoms with Crippen molar-refractivity contribution >= 4 is 28.3 Å². The van der Waals surface area contributed by atoms with Crippen molar-refractivity contribution in [2.24, 2.45) is 0 Å². The summed E-state index contributed by atoms with van der Waals surface area (Å²) in [5.74, 6) is -1.19. The molecule has 2 N–H and O–H groups in total. The molecule has 3 rings (SSSR count). The Morgan fingerprint density at radius 2 is 2.00 bits per heavy atom. The number of carbonyl (C=O) groups excluding carboxylic acids is 1. The number of carboxylic acids is 1. The predicted octanol–water partition coefficient (Wildman–Crippen LogP) is 2.20. The van der Waals surface area contributed by atoms with Crippen LogP contribution in [0.25, 0.3) is 10.8 Å². The molecule has 1 fully saturated rings. The van der Waals surface area contributed by atoms with Gasteiger partial charge in [-0.1, -0.05) is 31.2 Å². The Morgan fingerprint density at radius 1 is 1.25 bits per heavy atom. The van der Waals surface area contributed by atoms with Gasteiger partial charge in [-0.25, -0.2) is 4.79 Å². The molecule has 126 valence electrons. The fourth-order valence-corrected chi connectivity index (χ4v) is 2.96. The Morgan fingerprint density at radius 3 is 2.71 bits per heavy atom. The number of hydrogen-bond acceptors (Lipinski definition) is 4. The molecule has 1 aliphatic rings. The molecular weight excluding hydrogens is 308 g/mol. The zero-order chi connectivity index (χ0) is 17.1. The van der Waals surface area contributed by atoms with E-state index < -0.39 is 12.1 Å². The molecule has 0 bridgehead atoms. The molecule has 6 heteroatoms. The van der Waals surface area contributed by atoms with E-state index in [9.17, 15) is 14.7 Å². The van der Waals surface area contributed by atoms with Crippen LogP contribution >= 0.6 is 0 Å². The zero-order valence-electron chi connectivity index (χ0n) is 13.5. The number of morpholine rings is 1. The number of benzene rings is 2. The number of likely N-dealkylation sites (N-methyl/N-ethyl adjacent to an activating group) is 1. The third-order valence-corrected chi connectivity index (χ3v) is 4.30. The Balaban J connectivity index is 1.86. The van der Waals surface area contributed by atoms with Gasteiger partial charge in [-0.05, 0) is 24.1 Å². The van der Waals surface area contributed by atoms with Crippen LogP contribution in [0.2, 0.25) is 0 Å². The minimum absolute atomic E-state index is 0.207. The van der Waals surface area contributed by atoms with Crippen molar-refractivity contribution in [1.29, 1.82) is 0 Å².